The van der Waals surface area contributed by atoms with Gasteiger partial charge in [0.05, 0.1) is 12.2 Å². The fourth-order valence-corrected chi connectivity index (χ4v) is 2.29. The molecule has 1 radical (unpaired) electrons. The zero-order valence-electron chi connectivity index (χ0n) is 8.56. The van der Waals surface area contributed by atoms with Crippen LogP contribution in [0.1, 0.15) is 20.8 Å². The quantitative estimate of drug-likeness (QED) is 0.621. The summed E-state index contributed by atoms with van der Waals surface area (Å²) in [5.41, 5.74) is -0.332. The van der Waals surface area contributed by atoms with Crippen LogP contribution in [0.4, 0.5) is 0 Å². The molecule has 2 fully saturated rings. The minimum absolute atomic E-state index is 0.0668. The number of hydrogen-bond acceptors (Lipinski definition) is 3. The lowest BCUT2D eigenvalue weighted by Gasteiger charge is -2.22. The third-order valence-electron chi connectivity index (χ3n) is 2.86. The molecule has 1 N–H and O–H groups in total. The smallest absolute Gasteiger partial charge is 0.335 e. The molecular weight excluding hydrogens is 183 g/mol. The molecular formula is C9H14BO4. The molecule has 2 heterocycles. The molecule has 2 rings (SSSR count). The summed E-state index contributed by atoms with van der Waals surface area (Å²) < 4.78 is 11.0. The molecule has 77 valence electrons. The van der Waals surface area contributed by atoms with Crippen LogP contribution in [0.3, 0.4) is 0 Å². The third-order valence-corrected chi connectivity index (χ3v) is 2.86. The number of carboxylic acids is 1. The molecule has 0 saturated carbocycles. The van der Waals surface area contributed by atoms with E-state index in [0.717, 1.165) is 0 Å². The second-order valence-electron chi connectivity index (χ2n) is 4.53. The first-order valence-corrected chi connectivity index (χ1v) is 4.83. The van der Waals surface area contributed by atoms with Gasteiger partial charge in [0.15, 0.2) is 13.4 Å². The van der Waals surface area contributed by atoms with Crippen molar-refractivity contribution in [3.8, 4) is 0 Å². The SMILES string of the molecule is C[C@@H]1O[C@H](C(=O)O)[C@H]2OC(C)(C)[B][C@H]21. The number of carbonyl (C=O) groups is 1. The second-order valence-corrected chi connectivity index (χ2v) is 4.53. The number of rotatable bonds is 1. The van der Waals surface area contributed by atoms with Crippen LogP contribution in [0.5, 0.6) is 0 Å². The zero-order chi connectivity index (χ0) is 10.5. The molecule has 4 nitrogen and oxygen atoms in total. The summed E-state index contributed by atoms with van der Waals surface area (Å²) in [4.78, 5) is 10.9. The topological polar surface area (TPSA) is 55.8 Å². The lowest BCUT2D eigenvalue weighted by Crippen LogP contribution is -2.35. The van der Waals surface area contributed by atoms with Crippen molar-refractivity contribution in [1.29, 1.82) is 0 Å². The molecule has 0 aliphatic carbocycles. The highest BCUT2D eigenvalue weighted by Crippen LogP contribution is 2.43. The van der Waals surface area contributed by atoms with Crippen LogP contribution >= 0.6 is 0 Å². The van der Waals surface area contributed by atoms with E-state index in [4.69, 9.17) is 14.6 Å². The van der Waals surface area contributed by atoms with E-state index in [1.807, 2.05) is 28.1 Å². The van der Waals surface area contributed by atoms with Crippen molar-refractivity contribution in [2.24, 2.45) is 0 Å². The number of aliphatic carboxylic acids is 1. The summed E-state index contributed by atoms with van der Waals surface area (Å²) in [6, 6.07) is 0. The zero-order valence-corrected chi connectivity index (χ0v) is 8.56. The Hall–Kier alpha value is -0.545. The van der Waals surface area contributed by atoms with Crippen LogP contribution in [-0.2, 0) is 14.3 Å². The Balaban J connectivity index is 2.19. The highest BCUT2D eigenvalue weighted by Gasteiger charge is 2.55. The Labute approximate surface area is 83.8 Å². The number of hydrogen-bond donors (Lipinski definition) is 1. The minimum atomic E-state index is -0.935. The molecule has 0 spiro atoms. The van der Waals surface area contributed by atoms with E-state index in [1.165, 1.54) is 0 Å². The van der Waals surface area contributed by atoms with Crippen LogP contribution in [0.15, 0.2) is 0 Å². The Morgan fingerprint density at radius 1 is 1.50 bits per heavy atom. The maximum atomic E-state index is 10.9. The largest absolute Gasteiger partial charge is 0.479 e. The van der Waals surface area contributed by atoms with Crippen LogP contribution in [0, 0.1) is 0 Å². The summed E-state index contributed by atoms with van der Waals surface area (Å²) in [6.07, 6.45) is -1.20. The van der Waals surface area contributed by atoms with Crippen molar-refractivity contribution >= 4 is 13.2 Å². The number of carboxylic acid groups (broad SMARTS) is 1. The molecule has 0 aromatic heterocycles. The van der Waals surface area contributed by atoms with E-state index >= 15 is 0 Å². The van der Waals surface area contributed by atoms with Crippen molar-refractivity contribution in [2.75, 3.05) is 0 Å². The molecule has 2 aliphatic heterocycles. The monoisotopic (exact) mass is 197 g/mol. The van der Waals surface area contributed by atoms with Crippen LogP contribution in [0.2, 0.25) is 5.82 Å². The highest BCUT2D eigenvalue weighted by atomic mass is 16.6. The van der Waals surface area contributed by atoms with E-state index in [2.05, 4.69) is 0 Å². The average Bonchev–Trinajstić information content (AvgIpc) is 2.47. The standard InChI is InChI=1S/C9H14BO4/c1-4-5-6(7(13-4)8(11)12)14-9(2,3)10-5/h4-7H,1-3H3,(H,11,12)/t4-,5-,6-,7-/m0/s1. The summed E-state index contributed by atoms with van der Waals surface area (Å²) >= 11 is 0. The predicted octanol–water partition coefficient (Wildman–Crippen LogP) is 0.486. The van der Waals surface area contributed by atoms with Crippen molar-refractivity contribution in [1.82, 2.24) is 0 Å². The van der Waals surface area contributed by atoms with Crippen molar-refractivity contribution in [3.63, 3.8) is 0 Å². The van der Waals surface area contributed by atoms with Gasteiger partial charge >= 0.3 is 5.97 Å². The van der Waals surface area contributed by atoms with Crippen LogP contribution < -0.4 is 0 Å². The Morgan fingerprint density at radius 3 is 2.71 bits per heavy atom. The van der Waals surface area contributed by atoms with Crippen LogP contribution in [0.25, 0.3) is 0 Å². The molecule has 0 bridgehead atoms. The molecule has 0 aromatic carbocycles. The molecule has 2 saturated heterocycles. The Bertz CT molecular complexity index is 266. The fourth-order valence-electron chi connectivity index (χ4n) is 2.29. The van der Waals surface area contributed by atoms with Gasteiger partial charge in [0.2, 0.25) is 0 Å². The van der Waals surface area contributed by atoms with E-state index in [0.29, 0.717) is 0 Å². The molecule has 0 unspecified atom stereocenters. The summed E-state index contributed by atoms with van der Waals surface area (Å²) in [6.45, 7) is 5.77. The molecule has 0 amide bonds. The van der Waals surface area contributed by atoms with Gasteiger partial charge in [-0.3, -0.25) is 0 Å². The number of fused-ring (bicyclic) bond motifs is 1. The normalized spacial score (nSPS) is 44.5. The van der Waals surface area contributed by atoms with Gasteiger partial charge in [0, 0.05) is 5.50 Å². The summed E-state index contributed by atoms with van der Waals surface area (Å²) in [7, 11) is 2.05. The lowest BCUT2D eigenvalue weighted by molar-refractivity contribution is -0.156. The van der Waals surface area contributed by atoms with E-state index in [-0.39, 0.29) is 23.5 Å². The first-order valence-electron chi connectivity index (χ1n) is 4.83. The van der Waals surface area contributed by atoms with Gasteiger partial charge in [-0.2, -0.15) is 0 Å². The predicted molar refractivity (Wildman–Crippen MR) is 50.4 cm³/mol. The maximum absolute atomic E-state index is 10.9. The van der Waals surface area contributed by atoms with E-state index in [1.54, 1.807) is 0 Å². The minimum Gasteiger partial charge on any atom is -0.479 e. The molecule has 4 atom stereocenters. The first-order chi connectivity index (χ1) is 6.41. The maximum Gasteiger partial charge on any atom is 0.335 e. The van der Waals surface area contributed by atoms with Crippen molar-refractivity contribution in [3.05, 3.63) is 0 Å². The molecule has 0 aromatic rings. The van der Waals surface area contributed by atoms with Gasteiger partial charge in [-0.1, -0.05) is 0 Å². The van der Waals surface area contributed by atoms with Gasteiger partial charge in [-0.25, -0.2) is 4.79 Å². The summed E-state index contributed by atoms with van der Waals surface area (Å²) in [5.74, 6) is -0.832. The highest BCUT2D eigenvalue weighted by molar-refractivity contribution is 6.43. The Kier molecular flexibility index (Phi) is 2.12. The molecule has 5 heteroatoms. The average molecular weight is 197 g/mol. The van der Waals surface area contributed by atoms with Gasteiger partial charge in [0.1, 0.15) is 0 Å². The molecule has 14 heavy (non-hydrogen) atoms. The van der Waals surface area contributed by atoms with Crippen molar-refractivity contribution in [2.45, 2.75) is 50.4 Å². The molecule has 2 aliphatic rings. The first kappa shape index (κ1) is 9.99. The fraction of sp³-hybridized carbons (Fsp3) is 0.889. The van der Waals surface area contributed by atoms with Gasteiger partial charge in [0.25, 0.3) is 0 Å². The van der Waals surface area contributed by atoms with E-state index < -0.39 is 12.1 Å². The third kappa shape index (κ3) is 1.44. The van der Waals surface area contributed by atoms with Gasteiger partial charge in [-0.05, 0) is 26.6 Å². The summed E-state index contributed by atoms with van der Waals surface area (Å²) in [5, 5.41) is 8.93. The second kappa shape index (κ2) is 2.97. The van der Waals surface area contributed by atoms with Crippen molar-refractivity contribution < 1.29 is 19.4 Å². The van der Waals surface area contributed by atoms with Crippen LogP contribution in [-0.4, -0.2) is 42.2 Å². The Morgan fingerprint density at radius 2 is 2.14 bits per heavy atom. The number of ether oxygens (including phenoxy) is 2. The van der Waals surface area contributed by atoms with Gasteiger partial charge < -0.3 is 14.6 Å². The lowest BCUT2D eigenvalue weighted by atomic mass is 9.53. The van der Waals surface area contributed by atoms with E-state index in [9.17, 15) is 4.79 Å². The van der Waals surface area contributed by atoms with Gasteiger partial charge in [-0.15, -0.1) is 0 Å².